The first-order chi connectivity index (χ1) is 13.3. The first-order valence-electron chi connectivity index (χ1n) is 11.2. The third-order valence-electron chi connectivity index (χ3n) is 7.40. The molecule has 0 aromatic rings. The zero-order chi connectivity index (χ0) is 18.7. The molecule has 4 rings (SSSR count). The number of aliphatic imine (C=N–C) groups is 1. The maximum absolute atomic E-state index is 6.07. The van der Waals surface area contributed by atoms with Crippen LogP contribution in [0.4, 0.5) is 0 Å². The Kier molecular flexibility index (Phi) is 6.25. The normalized spacial score (nSPS) is 33.4. The van der Waals surface area contributed by atoms with Gasteiger partial charge in [0.1, 0.15) is 0 Å². The molecule has 4 fully saturated rings. The van der Waals surface area contributed by atoms with Crippen LogP contribution in [-0.4, -0.2) is 75.5 Å². The second kappa shape index (κ2) is 8.66. The first-order valence-corrected chi connectivity index (χ1v) is 11.2. The number of piperidine rings is 1. The summed E-state index contributed by atoms with van der Waals surface area (Å²) in [4.78, 5) is 7.35. The van der Waals surface area contributed by atoms with E-state index in [4.69, 9.17) is 14.5 Å². The van der Waals surface area contributed by atoms with Crippen molar-refractivity contribution in [2.45, 2.75) is 70.1 Å². The summed E-state index contributed by atoms with van der Waals surface area (Å²) in [5.74, 6) is 1.73. The van der Waals surface area contributed by atoms with Gasteiger partial charge in [0.25, 0.3) is 0 Å². The number of hydrogen-bond donors (Lipinski definition) is 2. The molecule has 0 amide bonds. The number of nitrogens with zero attached hydrogens (tertiary/aromatic N) is 2. The average Bonchev–Trinajstić information content (AvgIpc) is 3.05. The molecule has 3 atom stereocenters. The third kappa shape index (κ3) is 3.85. The molecule has 27 heavy (non-hydrogen) atoms. The molecule has 6 heteroatoms. The van der Waals surface area contributed by atoms with Crippen molar-refractivity contribution < 1.29 is 9.47 Å². The Bertz CT molecular complexity index is 514. The van der Waals surface area contributed by atoms with Crippen LogP contribution in [0, 0.1) is 11.3 Å². The lowest BCUT2D eigenvalue weighted by molar-refractivity contribution is -0.171. The fourth-order valence-electron chi connectivity index (χ4n) is 5.82. The van der Waals surface area contributed by atoms with E-state index < -0.39 is 0 Å². The zero-order valence-corrected chi connectivity index (χ0v) is 17.2. The van der Waals surface area contributed by atoms with E-state index in [2.05, 4.69) is 22.5 Å². The maximum atomic E-state index is 6.07. The van der Waals surface area contributed by atoms with Crippen LogP contribution in [0.25, 0.3) is 0 Å². The van der Waals surface area contributed by atoms with Crippen molar-refractivity contribution in [3.63, 3.8) is 0 Å². The molecule has 3 unspecified atom stereocenters. The third-order valence-corrected chi connectivity index (χ3v) is 7.40. The van der Waals surface area contributed by atoms with E-state index in [0.29, 0.717) is 29.5 Å². The summed E-state index contributed by atoms with van der Waals surface area (Å²) in [7, 11) is 1.79. The Balaban J connectivity index is 1.27. The highest BCUT2D eigenvalue weighted by molar-refractivity contribution is 5.80. The lowest BCUT2D eigenvalue weighted by Crippen LogP contribution is -2.72. The average molecular weight is 379 g/mol. The molecule has 0 bridgehead atoms. The topological polar surface area (TPSA) is 58.1 Å². The number of rotatable bonds is 7. The highest BCUT2D eigenvalue weighted by Gasteiger charge is 2.66. The van der Waals surface area contributed by atoms with Crippen molar-refractivity contribution >= 4 is 5.96 Å². The summed E-state index contributed by atoms with van der Waals surface area (Å²) in [6.07, 6.45) is 9.26. The van der Waals surface area contributed by atoms with Crippen LogP contribution in [0.2, 0.25) is 0 Å². The van der Waals surface area contributed by atoms with Gasteiger partial charge in [0, 0.05) is 69.9 Å². The summed E-state index contributed by atoms with van der Waals surface area (Å²) in [5, 5.41) is 7.60. The fourth-order valence-corrected chi connectivity index (χ4v) is 5.82. The molecule has 0 aromatic heterocycles. The SMILES string of the molecule is CCN=C(NC1CCN(CCCOC)CC1)NC1C2CCOC2C12CCC2. The van der Waals surface area contributed by atoms with E-state index >= 15 is 0 Å². The molecule has 0 radical (unpaired) electrons. The van der Waals surface area contributed by atoms with Crippen molar-refractivity contribution in [1.29, 1.82) is 0 Å². The molecule has 2 N–H and O–H groups in total. The number of nitrogens with one attached hydrogen (secondary N) is 2. The van der Waals surface area contributed by atoms with Crippen molar-refractivity contribution in [2.24, 2.45) is 16.3 Å². The molecule has 2 heterocycles. The van der Waals surface area contributed by atoms with Gasteiger partial charge in [-0.05, 0) is 45.4 Å². The Morgan fingerprint density at radius 2 is 2.04 bits per heavy atom. The number of methoxy groups -OCH3 is 1. The molecule has 154 valence electrons. The monoisotopic (exact) mass is 378 g/mol. The van der Waals surface area contributed by atoms with Gasteiger partial charge in [-0.15, -0.1) is 0 Å². The summed E-state index contributed by atoms with van der Waals surface area (Å²) >= 11 is 0. The largest absolute Gasteiger partial charge is 0.385 e. The van der Waals surface area contributed by atoms with Crippen molar-refractivity contribution in [3.05, 3.63) is 0 Å². The molecule has 2 saturated heterocycles. The molecular formula is C21H38N4O2. The van der Waals surface area contributed by atoms with Crippen molar-refractivity contribution in [2.75, 3.05) is 46.5 Å². The Morgan fingerprint density at radius 1 is 1.22 bits per heavy atom. The van der Waals surface area contributed by atoms with Gasteiger partial charge in [-0.2, -0.15) is 0 Å². The van der Waals surface area contributed by atoms with E-state index in [1.807, 2.05) is 0 Å². The Labute approximate surface area is 164 Å². The lowest BCUT2D eigenvalue weighted by Gasteiger charge is -2.63. The Morgan fingerprint density at radius 3 is 2.70 bits per heavy atom. The number of hydrogen-bond acceptors (Lipinski definition) is 4. The molecule has 0 aromatic carbocycles. The van der Waals surface area contributed by atoms with Gasteiger partial charge in [-0.3, -0.25) is 4.99 Å². The van der Waals surface area contributed by atoms with Gasteiger partial charge in [0.15, 0.2) is 5.96 Å². The van der Waals surface area contributed by atoms with Crippen LogP contribution in [0.3, 0.4) is 0 Å². The fraction of sp³-hybridized carbons (Fsp3) is 0.952. The van der Waals surface area contributed by atoms with Crippen LogP contribution in [-0.2, 0) is 9.47 Å². The number of fused-ring (bicyclic) bond motifs is 2. The number of guanidine groups is 1. The quantitative estimate of drug-likeness (QED) is 0.403. The van der Waals surface area contributed by atoms with E-state index in [9.17, 15) is 0 Å². The minimum absolute atomic E-state index is 0.405. The van der Waals surface area contributed by atoms with Gasteiger partial charge in [0.2, 0.25) is 0 Å². The van der Waals surface area contributed by atoms with Crippen molar-refractivity contribution in [1.82, 2.24) is 15.5 Å². The van der Waals surface area contributed by atoms with E-state index in [0.717, 1.165) is 38.7 Å². The summed E-state index contributed by atoms with van der Waals surface area (Å²) in [5.41, 5.74) is 0.405. The minimum atomic E-state index is 0.405. The molecule has 2 aliphatic heterocycles. The highest BCUT2D eigenvalue weighted by atomic mass is 16.5. The van der Waals surface area contributed by atoms with E-state index in [1.165, 1.54) is 51.6 Å². The second-order valence-corrected chi connectivity index (χ2v) is 8.88. The maximum Gasteiger partial charge on any atom is 0.191 e. The molecule has 1 spiro atoms. The summed E-state index contributed by atoms with van der Waals surface area (Å²) in [6, 6.07) is 1.10. The van der Waals surface area contributed by atoms with Gasteiger partial charge in [0.05, 0.1) is 6.10 Å². The van der Waals surface area contributed by atoms with Gasteiger partial charge in [-0.1, -0.05) is 6.42 Å². The molecule has 2 saturated carbocycles. The van der Waals surface area contributed by atoms with Crippen molar-refractivity contribution in [3.8, 4) is 0 Å². The number of ether oxygens (including phenoxy) is 2. The predicted octanol–water partition coefficient (Wildman–Crippen LogP) is 2.00. The Hall–Kier alpha value is -0.850. The molecule has 2 aliphatic carbocycles. The van der Waals surface area contributed by atoms with Gasteiger partial charge in [-0.25, -0.2) is 0 Å². The smallest absolute Gasteiger partial charge is 0.191 e. The van der Waals surface area contributed by atoms with Crippen LogP contribution in [0.1, 0.15) is 51.9 Å². The standard InChI is InChI=1S/C21H38N4O2/c1-3-22-20(23-16-6-12-25(13-7-16)11-5-14-26-2)24-18-17-8-15-27-19(17)21(18)9-4-10-21/h16-19H,3-15H2,1-2H3,(H2,22,23,24). The minimum Gasteiger partial charge on any atom is -0.385 e. The highest BCUT2D eigenvalue weighted by Crippen LogP contribution is 2.62. The first kappa shape index (κ1) is 19.5. The zero-order valence-electron chi connectivity index (χ0n) is 17.2. The lowest BCUT2D eigenvalue weighted by atomic mass is 9.46. The van der Waals surface area contributed by atoms with Crippen LogP contribution >= 0.6 is 0 Å². The molecule has 4 aliphatic rings. The molecular weight excluding hydrogens is 340 g/mol. The predicted molar refractivity (Wildman–Crippen MR) is 108 cm³/mol. The van der Waals surface area contributed by atoms with Crippen LogP contribution < -0.4 is 10.6 Å². The number of likely N-dealkylation sites (tertiary alicyclic amines) is 1. The molecule has 6 nitrogen and oxygen atoms in total. The second-order valence-electron chi connectivity index (χ2n) is 8.88. The van der Waals surface area contributed by atoms with Gasteiger partial charge < -0.3 is 25.0 Å². The van der Waals surface area contributed by atoms with Crippen LogP contribution in [0.5, 0.6) is 0 Å². The van der Waals surface area contributed by atoms with E-state index in [-0.39, 0.29) is 0 Å². The summed E-state index contributed by atoms with van der Waals surface area (Å²) in [6.45, 7) is 8.27. The van der Waals surface area contributed by atoms with E-state index in [1.54, 1.807) is 7.11 Å². The van der Waals surface area contributed by atoms with Gasteiger partial charge >= 0.3 is 0 Å². The summed E-state index contributed by atoms with van der Waals surface area (Å²) < 4.78 is 11.2. The van der Waals surface area contributed by atoms with Crippen LogP contribution in [0.15, 0.2) is 4.99 Å².